The van der Waals surface area contributed by atoms with Crippen molar-refractivity contribution < 1.29 is 13.2 Å². The molecule has 3 aromatic carbocycles. The van der Waals surface area contributed by atoms with Crippen molar-refractivity contribution in [1.29, 1.82) is 5.26 Å². The van der Waals surface area contributed by atoms with Crippen molar-refractivity contribution in [2.45, 2.75) is 4.90 Å². The molecule has 0 radical (unpaired) electrons. The van der Waals surface area contributed by atoms with Gasteiger partial charge in [0.1, 0.15) is 6.07 Å². The molecule has 0 N–H and O–H groups in total. The molecule has 0 aliphatic carbocycles. The van der Waals surface area contributed by atoms with E-state index in [4.69, 9.17) is 0 Å². The number of piperazine rings is 1. The highest BCUT2D eigenvalue weighted by Gasteiger charge is 2.32. The first-order valence-corrected chi connectivity index (χ1v) is 12.0. The molecule has 1 saturated heterocycles. The lowest BCUT2D eigenvalue weighted by atomic mass is 10.1. The summed E-state index contributed by atoms with van der Waals surface area (Å²) in [6.07, 6.45) is 0. The molecular weight excluding hydrogens is 436 g/mol. The first kappa shape index (κ1) is 22.5. The van der Waals surface area contributed by atoms with Crippen LogP contribution in [0.1, 0.15) is 15.9 Å². The van der Waals surface area contributed by atoms with Gasteiger partial charge in [-0.1, -0.05) is 42.5 Å². The number of hydrogen-bond donors (Lipinski definition) is 0. The number of anilines is 2. The lowest BCUT2D eigenvalue weighted by Gasteiger charge is -2.35. The zero-order chi connectivity index (χ0) is 23.4. The van der Waals surface area contributed by atoms with Crippen molar-refractivity contribution in [3.63, 3.8) is 0 Å². The number of carbonyl (C=O) groups is 1. The highest BCUT2D eigenvalue weighted by molar-refractivity contribution is 7.89. The van der Waals surface area contributed by atoms with Gasteiger partial charge in [-0.05, 0) is 36.4 Å². The zero-order valence-corrected chi connectivity index (χ0v) is 19.1. The van der Waals surface area contributed by atoms with E-state index in [1.54, 1.807) is 23.1 Å². The number of para-hydroxylation sites is 2. The monoisotopic (exact) mass is 460 g/mol. The summed E-state index contributed by atoms with van der Waals surface area (Å²) in [5.74, 6) is -0.136. The van der Waals surface area contributed by atoms with E-state index >= 15 is 0 Å². The van der Waals surface area contributed by atoms with Gasteiger partial charge in [0.2, 0.25) is 10.0 Å². The minimum Gasteiger partial charge on any atom is -0.344 e. The normalized spacial score (nSPS) is 14.5. The number of nitriles is 1. The van der Waals surface area contributed by atoms with E-state index in [0.717, 1.165) is 11.4 Å². The third-order valence-corrected chi connectivity index (χ3v) is 7.75. The molecule has 0 aromatic heterocycles. The van der Waals surface area contributed by atoms with Gasteiger partial charge in [-0.25, -0.2) is 8.42 Å². The number of hydrogen-bond acceptors (Lipinski definition) is 5. The van der Waals surface area contributed by atoms with Crippen LogP contribution >= 0.6 is 0 Å². The molecule has 0 bridgehead atoms. The zero-order valence-electron chi connectivity index (χ0n) is 18.3. The van der Waals surface area contributed by atoms with Crippen molar-refractivity contribution in [1.82, 2.24) is 9.21 Å². The van der Waals surface area contributed by atoms with Gasteiger partial charge in [0.15, 0.2) is 0 Å². The van der Waals surface area contributed by atoms with E-state index in [0.29, 0.717) is 5.56 Å². The number of benzene rings is 3. The van der Waals surface area contributed by atoms with Gasteiger partial charge in [0, 0.05) is 38.9 Å². The summed E-state index contributed by atoms with van der Waals surface area (Å²) in [4.78, 5) is 17.0. The largest absolute Gasteiger partial charge is 0.344 e. The highest BCUT2D eigenvalue weighted by Crippen LogP contribution is 2.28. The van der Waals surface area contributed by atoms with Gasteiger partial charge in [-0.3, -0.25) is 4.79 Å². The van der Waals surface area contributed by atoms with E-state index in [2.05, 4.69) is 0 Å². The van der Waals surface area contributed by atoms with Gasteiger partial charge >= 0.3 is 0 Å². The Morgan fingerprint density at radius 1 is 0.879 bits per heavy atom. The Bertz CT molecular complexity index is 1290. The number of amides is 1. The summed E-state index contributed by atoms with van der Waals surface area (Å²) in [5.41, 5.74) is 2.43. The molecule has 0 saturated carbocycles. The Hall–Kier alpha value is -3.67. The van der Waals surface area contributed by atoms with Crippen molar-refractivity contribution in [2.24, 2.45) is 0 Å². The van der Waals surface area contributed by atoms with Crippen molar-refractivity contribution in [3.8, 4) is 6.07 Å². The fourth-order valence-electron chi connectivity index (χ4n) is 3.96. The molecule has 3 aromatic rings. The molecule has 0 spiro atoms. The Morgan fingerprint density at radius 3 is 2.18 bits per heavy atom. The minimum absolute atomic E-state index is 0.00195. The Kier molecular flexibility index (Phi) is 6.45. The molecule has 0 unspecified atom stereocenters. The van der Waals surface area contributed by atoms with Crippen LogP contribution in [0.2, 0.25) is 0 Å². The van der Waals surface area contributed by atoms with Gasteiger partial charge in [-0.2, -0.15) is 9.57 Å². The maximum absolute atomic E-state index is 13.4. The molecule has 1 heterocycles. The first-order chi connectivity index (χ1) is 15.9. The van der Waals surface area contributed by atoms with Crippen LogP contribution in [0.5, 0.6) is 0 Å². The number of rotatable bonds is 5. The van der Waals surface area contributed by atoms with Crippen LogP contribution in [0, 0.1) is 11.3 Å². The van der Waals surface area contributed by atoms with E-state index in [9.17, 15) is 18.5 Å². The van der Waals surface area contributed by atoms with Crippen LogP contribution in [-0.2, 0) is 10.0 Å². The standard InChI is InChI=1S/C25H24N4O3S/c1-27(21-10-3-2-4-11-21)23-13-7-6-12-22(23)25(30)28-15-17-29(18-16-28)33(31,32)24-14-8-5-9-20(24)19-26/h2-14H,15-18H2,1H3. The summed E-state index contributed by atoms with van der Waals surface area (Å²) < 4.78 is 27.5. The van der Waals surface area contributed by atoms with Crippen LogP contribution < -0.4 is 4.90 Å². The van der Waals surface area contributed by atoms with Gasteiger partial charge in [0.05, 0.1) is 21.7 Å². The lowest BCUT2D eigenvalue weighted by molar-refractivity contribution is 0.0698. The highest BCUT2D eigenvalue weighted by atomic mass is 32.2. The molecule has 1 aliphatic rings. The molecular formula is C25H24N4O3S. The molecule has 33 heavy (non-hydrogen) atoms. The van der Waals surface area contributed by atoms with E-state index < -0.39 is 10.0 Å². The smallest absolute Gasteiger partial charge is 0.256 e. The SMILES string of the molecule is CN(c1ccccc1)c1ccccc1C(=O)N1CCN(S(=O)(=O)c2ccccc2C#N)CC1. The topological polar surface area (TPSA) is 84.7 Å². The second-order valence-electron chi connectivity index (χ2n) is 7.72. The van der Waals surface area contributed by atoms with Crippen LogP contribution in [0.25, 0.3) is 0 Å². The summed E-state index contributed by atoms with van der Waals surface area (Å²) in [5, 5.41) is 9.28. The van der Waals surface area contributed by atoms with Gasteiger partial charge < -0.3 is 9.80 Å². The number of carbonyl (C=O) groups excluding carboxylic acids is 1. The second-order valence-corrected chi connectivity index (χ2v) is 9.62. The van der Waals surface area contributed by atoms with Crippen LogP contribution in [0.3, 0.4) is 0 Å². The van der Waals surface area contributed by atoms with Crippen LogP contribution in [-0.4, -0.2) is 56.8 Å². The van der Waals surface area contributed by atoms with Crippen LogP contribution in [0.4, 0.5) is 11.4 Å². The molecule has 7 nitrogen and oxygen atoms in total. The van der Waals surface area contributed by atoms with Crippen molar-refractivity contribution in [3.05, 3.63) is 90.0 Å². The summed E-state index contributed by atoms with van der Waals surface area (Å²) in [6.45, 7) is 0.890. The van der Waals surface area contributed by atoms with E-state index in [1.165, 1.54) is 16.4 Å². The maximum Gasteiger partial charge on any atom is 0.256 e. The average molecular weight is 461 g/mol. The molecule has 1 amide bonds. The molecule has 4 rings (SSSR count). The number of sulfonamides is 1. The number of nitrogens with zero attached hydrogens (tertiary/aromatic N) is 4. The Labute approximate surface area is 194 Å². The molecule has 8 heteroatoms. The third kappa shape index (κ3) is 4.46. The minimum atomic E-state index is -3.81. The molecule has 0 atom stereocenters. The fraction of sp³-hybridized carbons (Fsp3) is 0.200. The molecule has 1 fully saturated rings. The molecule has 1 aliphatic heterocycles. The lowest BCUT2D eigenvalue weighted by Crippen LogP contribution is -2.50. The average Bonchev–Trinajstić information content (AvgIpc) is 2.88. The van der Waals surface area contributed by atoms with Gasteiger partial charge in [-0.15, -0.1) is 0 Å². The molecule has 168 valence electrons. The predicted molar refractivity (Wildman–Crippen MR) is 127 cm³/mol. The summed E-state index contributed by atoms with van der Waals surface area (Å²) in [6, 6.07) is 25.3. The summed E-state index contributed by atoms with van der Waals surface area (Å²) in [7, 11) is -1.90. The third-order valence-electron chi connectivity index (χ3n) is 5.79. The van der Waals surface area contributed by atoms with Gasteiger partial charge in [0.25, 0.3) is 5.91 Å². The van der Waals surface area contributed by atoms with E-state index in [-0.39, 0.29) is 42.5 Å². The van der Waals surface area contributed by atoms with Crippen molar-refractivity contribution in [2.75, 3.05) is 38.1 Å². The quantitative estimate of drug-likeness (QED) is 0.582. The summed E-state index contributed by atoms with van der Waals surface area (Å²) >= 11 is 0. The first-order valence-electron chi connectivity index (χ1n) is 10.6. The second kappa shape index (κ2) is 9.45. The van der Waals surface area contributed by atoms with E-state index in [1.807, 2.05) is 66.5 Å². The van der Waals surface area contributed by atoms with Crippen LogP contribution in [0.15, 0.2) is 83.8 Å². The van der Waals surface area contributed by atoms with Crippen molar-refractivity contribution >= 4 is 27.3 Å². The Balaban J connectivity index is 1.52. The maximum atomic E-state index is 13.4. The predicted octanol–water partition coefficient (Wildman–Crippen LogP) is 3.47. The Morgan fingerprint density at radius 2 is 1.48 bits per heavy atom. The fourth-order valence-corrected chi connectivity index (χ4v) is 5.53.